The van der Waals surface area contributed by atoms with Crippen LogP contribution in [0, 0.1) is 0 Å². The summed E-state index contributed by atoms with van der Waals surface area (Å²) >= 11 is 0. The van der Waals surface area contributed by atoms with Crippen LogP contribution >= 0.6 is 8.03 Å². The van der Waals surface area contributed by atoms with E-state index < -0.39 is 29.0 Å². The fraction of sp³-hybridized carbons (Fsp3) is 0.833. The molecule has 0 saturated carbocycles. The first-order chi connectivity index (χ1) is 6.29. The summed E-state index contributed by atoms with van der Waals surface area (Å²) in [5.41, 5.74) is 0. The maximum absolute atomic E-state index is 11.2. The van der Waals surface area contributed by atoms with Gasteiger partial charge in [0.15, 0.2) is 0 Å². The Balaban J connectivity index is 4.74. The zero-order valence-corrected chi connectivity index (χ0v) is 9.80. The summed E-state index contributed by atoms with van der Waals surface area (Å²) in [7, 11) is -6.28. The van der Waals surface area contributed by atoms with Crippen LogP contribution < -0.4 is 0 Å². The standard InChI is InChI=1S/C6H12O6PS/c1-4-11-13(8)6(12-5(2)7)14(3,9)10/h6H,4H2,1-3H3/q+1. The molecule has 0 N–H and O–H groups in total. The highest BCUT2D eigenvalue weighted by atomic mass is 32.2. The zero-order chi connectivity index (χ0) is 11.4. The van der Waals surface area contributed by atoms with Crippen molar-refractivity contribution in [2.24, 2.45) is 0 Å². The van der Waals surface area contributed by atoms with Gasteiger partial charge in [-0.2, -0.15) is 0 Å². The van der Waals surface area contributed by atoms with Gasteiger partial charge in [0, 0.05) is 13.2 Å². The maximum Gasteiger partial charge on any atom is 0.571 e. The highest BCUT2D eigenvalue weighted by molar-refractivity contribution is 7.96. The molecule has 8 heteroatoms. The van der Waals surface area contributed by atoms with Gasteiger partial charge in [-0.1, -0.05) is 0 Å². The predicted molar refractivity (Wildman–Crippen MR) is 49.6 cm³/mol. The molecule has 0 fully saturated rings. The van der Waals surface area contributed by atoms with Crippen molar-refractivity contribution in [2.75, 3.05) is 12.9 Å². The number of esters is 1. The van der Waals surface area contributed by atoms with Gasteiger partial charge in [0.25, 0.3) is 0 Å². The van der Waals surface area contributed by atoms with E-state index in [9.17, 15) is 17.8 Å². The van der Waals surface area contributed by atoms with E-state index in [0.29, 0.717) is 0 Å². The SMILES string of the molecule is CCO[P+](=O)C(OC(C)=O)S(C)(=O)=O. The van der Waals surface area contributed by atoms with E-state index in [4.69, 9.17) is 0 Å². The molecule has 6 nitrogen and oxygen atoms in total. The molecular formula is C6H12O6PS+. The lowest BCUT2D eigenvalue weighted by atomic mass is 10.8. The topological polar surface area (TPSA) is 86.7 Å². The van der Waals surface area contributed by atoms with Gasteiger partial charge in [0.2, 0.25) is 9.84 Å². The summed E-state index contributed by atoms with van der Waals surface area (Å²) in [5.74, 6) is -0.816. The quantitative estimate of drug-likeness (QED) is 0.520. The van der Waals surface area contributed by atoms with Crippen LogP contribution in [0.1, 0.15) is 13.8 Å². The second-order valence-corrected chi connectivity index (χ2v) is 6.18. The minimum atomic E-state index is -3.73. The summed E-state index contributed by atoms with van der Waals surface area (Å²) in [6.07, 6.45) is 0.826. The Morgan fingerprint density at radius 1 is 1.50 bits per heavy atom. The van der Waals surface area contributed by atoms with Gasteiger partial charge in [0.05, 0.1) is 6.61 Å². The van der Waals surface area contributed by atoms with Gasteiger partial charge in [-0.15, -0.1) is 4.52 Å². The average Bonchev–Trinajstić information content (AvgIpc) is 1.98. The smallest absolute Gasteiger partial charge is 0.402 e. The third-order valence-corrected chi connectivity index (χ3v) is 4.52. The lowest BCUT2D eigenvalue weighted by Crippen LogP contribution is -2.22. The van der Waals surface area contributed by atoms with Crippen LogP contribution in [0.4, 0.5) is 0 Å². The molecule has 0 aliphatic heterocycles. The number of hydrogen-bond acceptors (Lipinski definition) is 6. The number of hydrogen-bond donors (Lipinski definition) is 0. The van der Waals surface area contributed by atoms with Gasteiger partial charge in [0.1, 0.15) is 0 Å². The van der Waals surface area contributed by atoms with Crippen LogP contribution in [-0.4, -0.2) is 32.4 Å². The number of ether oxygens (including phenoxy) is 1. The van der Waals surface area contributed by atoms with E-state index in [2.05, 4.69) is 9.26 Å². The Morgan fingerprint density at radius 3 is 2.29 bits per heavy atom. The second-order valence-electron chi connectivity index (χ2n) is 2.45. The van der Waals surface area contributed by atoms with E-state index in [1.807, 2.05) is 0 Å². The maximum atomic E-state index is 11.2. The Bertz CT molecular complexity index is 321. The number of rotatable bonds is 5. The van der Waals surface area contributed by atoms with E-state index in [1.54, 1.807) is 6.92 Å². The largest absolute Gasteiger partial charge is 0.571 e. The van der Waals surface area contributed by atoms with Gasteiger partial charge in [-0.25, -0.2) is 8.42 Å². The van der Waals surface area contributed by atoms with Crippen molar-refractivity contribution in [1.82, 2.24) is 0 Å². The number of carbonyl (C=O) groups is 1. The van der Waals surface area contributed by atoms with Crippen LogP contribution in [0.2, 0.25) is 0 Å². The molecule has 0 heterocycles. The molecule has 0 aliphatic carbocycles. The van der Waals surface area contributed by atoms with Gasteiger partial charge in [-0.05, 0) is 11.5 Å². The van der Waals surface area contributed by atoms with Gasteiger partial charge in [-0.3, -0.25) is 4.79 Å². The first-order valence-corrected chi connectivity index (χ1v) is 6.94. The Kier molecular flexibility index (Phi) is 5.18. The molecule has 0 amide bonds. The first kappa shape index (κ1) is 13.5. The molecule has 2 unspecified atom stereocenters. The van der Waals surface area contributed by atoms with E-state index in [-0.39, 0.29) is 6.61 Å². The van der Waals surface area contributed by atoms with Gasteiger partial charge < -0.3 is 4.74 Å². The highest BCUT2D eigenvalue weighted by Crippen LogP contribution is 2.33. The minimum Gasteiger partial charge on any atom is -0.402 e. The summed E-state index contributed by atoms with van der Waals surface area (Å²) < 4.78 is 42.3. The van der Waals surface area contributed by atoms with Crippen LogP contribution in [0.25, 0.3) is 0 Å². The highest BCUT2D eigenvalue weighted by Gasteiger charge is 2.44. The number of sulfone groups is 1. The lowest BCUT2D eigenvalue weighted by molar-refractivity contribution is -0.140. The fourth-order valence-corrected chi connectivity index (χ4v) is 2.97. The molecular weight excluding hydrogens is 231 g/mol. The van der Waals surface area contributed by atoms with Crippen LogP contribution in [0.3, 0.4) is 0 Å². The zero-order valence-electron chi connectivity index (χ0n) is 8.09. The third kappa shape index (κ3) is 4.64. The van der Waals surface area contributed by atoms with Crippen molar-refractivity contribution in [3.63, 3.8) is 0 Å². The van der Waals surface area contributed by atoms with Crippen molar-refractivity contribution in [3.05, 3.63) is 0 Å². The van der Waals surface area contributed by atoms with E-state index >= 15 is 0 Å². The molecule has 2 atom stereocenters. The lowest BCUT2D eigenvalue weighted by Gasteiger charge is -2.03. The van der Waals surface area contributed by atoms with Crippen molar-refractivity contribution in [3.8, 4) is 0 Å². The predicted octanol–water partition coefficient (Wildman–Crippen LogP) is 0.657. The molecule has 0 aromatic heterocycles. The average molecular weight is 243 g/mol. The summed E-state index contributed by atoms with van der Waals surface area (Å²) in [6.45, 7) is 2.68. The molecule has 0 spiro atoms. The molecule has 0 saturated heterocycles. The van der Waals surface area contributed by atoms with Crippen molar-refractivity contribution in [1.29, 1.82) is 0 Å². The molecule has 82 valence electrons. The molecule has 0 aromatic rings. The summed E-state index contributed by atoms with van der Waals surface area (Å²) in [4.78, 5) is 10.5. The Hall–Kier alpha value is -0.520. The monoisotopic (exact) mass is 243 g/mol. The van der Waals surface area contributed by atoms with Crippen molar-refractivity contribution >= 4 is 23.8 Å². The van der Waals surface area contributed by atoms with Crippen molar-refractivity contribution in [2.45, 2.75) is 19.0 Å². The normalized spacial score (nSPS) is 14.6. The minimum absolute atomic E-state index is 0.0858. The van der Waals surface area contributed by atoms with E-state index in [1.165, 1.54) is 0 Å². The van der Waals surface area contributed by atoms with Gasteiger partial charge >= 0.3 is 19.2 Å². The first-order valence-electron chi connectivity index (χ1n) is 3.74. The van der Waals surface area contributed by atoms with Crippen molar-refractivity contribution < 1.29 is 27.0 Å². The second kappa shape index (κ2) is 5.38. The summed E-state index contributed by atoms with van der Waals surface area (Å²) in [6, 6.07) is 0. The molecule has 0 bridgehead atoms. The van der Waals surface area contributed by atoms with Crippen LogP contribution in [-0.2, 0) is 28.5 Å². The molecule has 0 aliphatic rings. The van der Waals surface area contributed by atoms with Crippen LogP contribution in [0.15, 0.2) is 0 Å². The molecule has 0 rings (SSSR count). The summed E-state index contributed by atoms with van der Waals surface area (Å²) in [5, 5.41) is -1.71. The molecule has 0 radical (unpaired) electrons. The molecule has 0 aromatic carbocycles. The fourth-order valence-electron chi connectivity index (χ4n) is 0.617. The van der Waals surface area contributed by atoms with Crippen LogP contribution in [0.5, 0.6) is 0 Å². The van der Waals surface area contributed by atoms with E-state index in [0.717, 1.165) is 13.2 Å². The Morgan fingerprint density at radius 2 is 2.00 bits per heavy atom. The molecule has 14 heavy (non-hydrogen) atoms. The Labute approximate surface area is 83.4 Å². The number of carbonyl (C=O) groups excluding carboxylic acids is 1. The third-order valence-electron chi connectivity index (χ3n) is 1.06.